The average Bonchev–Trinajstić information content (AvgIpc) is 3.40. The Morgan fingerprint density at radius 1 is 0.967 bits per heavy atom. The molecule has 1 aliphatic rings. The van der Waals surface area contributed by atoms with Gasteiger partial charge in [0.25, 0.3) is 0 Å². The Kier molecular flexibility index (Phi) is 7.10. The Bertz CT molecular complexity index is 939. The molecule has 0 N–H and O–H groups in total. The summed E-state index contributed by atoms with van der Waals surface area (Å²) in [4.78, 5) is 2.17. The van der Waals surface area contributed by atoms with Gasteiger partial charge in [-0.2, -0.15) is 13.2 Å². The van der Waals surface area contributed by atoms with Crippen molar-refractivity contribution in [1.82, 2.24) is 25.1 Å². The van der Waals surface area contributed by atoms with Crippen LogP contribution >= 0.6 is 12.4 Å². The monoisotopic (exact) mass is 437 g/mol. The Labute approximate surface area is 179 Å². The molecule has 1 aliphatic heterocycles. The van der Waals surface area contributed by atoms with Gasteiger partial charge in [0.15, 0.2) is 5.82 Å². The largest absolute Gasteiger partial charge is 0.416 e. The van der Waals surface area contributed by atoms with Crippen molar-refractivity contribution in [3.8, 4) is 0 Å². The molecular formula is C21H23ClF3N5. The highest BCUT2D eigenvalue weighted by Crippen LogP contribution is 2.35. The van der Waals surface area contributed by atoms with Crippen LogP contribution in [-0.2, 0) is 19.1 Å². The summed E-state index contributed by atoms with van der Waals surface area (Å²) < 4.78 is 41.6. The van der Waals surface area contributed by atoms with Crippen molar-refractivity contribution in [3.63, 3.8) is 0 Å². The van der Waals surface area contributed by atoms with Crippen LogP contribution < -0.4 is 0 Å². The predicted octanol–water partition coefficient (Wildman–Crippen LogP) is 4.54. The predicted molar refractivity (Wildman–Crippen MR) is 109 cm³/mol. The Hall–Kier alpha value is -2.45. The molecule has 9 heteroatoms. The van der Waals surface area contributed by atoms with Gasteiger partial charge in [0.05, 0.1) is 11.6 Å². The molecule has 1 unspecified atom stereocenters. The van der Waals surface area contributed by atoms with Gasteiger partial charge in [-0.3, -0.25) is 4.90 Å². The number of halogens is 4. The fourth-order valence-corrected chi connectivity index (χ4v) is 3.85. The highest BCUT2D eigenvalue weighted by molar-refractivity contribution is 5.85. The van der Waals surface area contributed by atoms with E-state index in [0.717, 1.165) is 44.0 Å². The van der Waals surface area contributed by atoms with Crippen molar-refractivity contribution in [2.45, 2.75) is 38.0 Å². The van der Waals surface area contributed by atoms with Crippen LogP contribution in [0, 0.1) is 0 Å². The Balaban J connectivity index is 0.00000256. The maximum absolute atomic E-state index is 13.3. The normalized spacial score (nSPS) is 15.7. The maximum Gasteiger partial charge on any atom is 0.416 e. The lowest BCUT2D eigenvalue weighted by molar-refractivity contribution is -0.137. The van der Waals surface area contributed by atoms with Crippen LogP contribution in [0.4, 0.5) is 13.2 Å². The molecule has 0 saturated carbocycles. The van der Waals surface area contributed by atoms with E-state index in [1.54, 1.807) is 10.7 Å². The van der Waals surface area contributed by atoms with E-state index in [0.29, 0.717) is 17.9 Å². The molecule has 0 spiro atoms. The molecule has 5 nitrogen and oxygen atoms in total. The lowest BCUT2D eigenvalue weighted by Crippen LogP contribution is -2.30. The average molecular weight is 438 g/mol. The van der Waals surface area contributed by atoms with Crippen molar-refractivity contribution in [1.29, 1.82) is 0 Å². The highest BCUT2D eigenvalue weighted by atomic mass is 35.5. The Morgan fingerprint density at radius 2 is 1.70 bits per heavy atom. The smallest absolute Gasteiger partial charge is 0.290 e. The molecule has 1 fully saturated rings. The van der Waals surface area contributed by atoms with Crippen LogP contribution in [0.5, 0.6) is 0 Å². The fourth-order valence-electron chi connectivity index (χ4n) is 3.85. The molecule has 2 aromatic carbocycles. The number of hydrogen-bond donors (Lipinski definition) is 0. The third-order valence-corrected chi connectivity index (χ3v) is 5.29. The number of tetrazole rings is 1. The van der Waals surface area contributed by atoms with E-state index in [-0.39, 0.29) is 12.4 Å². The second-order valence-electron chi connectivity index (χ2n) is 7.26. The standard InChI is InChI=1S/C21H22F3N5.ClH/c22-21(23,24)18-10-6-9-17(15-18)19(28-12-4-5-13-28)20-25-26-27-29(20)14-11-16-7-2-1-3-8-16;/h1-3,6-10,15,19H,4-5,11-14H2;1H. The highest BCUT2D eigenvalue weighted by Gasteiger charge is 2.34. The number of likely N-dealkylation sites (tertiary alicyclic amines) is 1. The van der Waals surface area contributed by atoms with Crippen molar-refractivity contribution in [3.05, 3.63) is 77.1 Å². The summed E-state index contributed by atoms with van der Waals surface area (Å²) in [7, 11) is 0. The zero-order valence-electron chi connectivity index (χ0n) is 16.3. The van der Waals surface area contributed by atoms with Crippen molar-refractivity contribution in [2.75, 3.05) is 13.1 Å². The van der Waals surface area contributed by atoms with Crippen LogP contribution in [0.2, 0.25) is 0 Å². The molecular weight excluding hydrogens is 415 g/mol. The lowest BCUT2D eigenvalue weighted by atomic mass is 10.0. The third-order valence-electron chi connectivity index (χ3n) is 5.29. The number of hydrogen-bond acceptors (Lipinski definition) is 4. The van der Waals surface area contributed by atoms with Crippen LogP contribution in [0.25, 0.3) is 0 Å². The quantitative estimate of drug-likeness (QED) is 0.568. The van der Waals surface area contributed by atoms with Crippen LogP contribution in [-0.4, -0.2) is 38.2 Å². The summed E-state index contributed by atoms with van der Waals surface area (Å²) in [6.07, 6.45) is -1.61. The van der Waals surface area contributed by atoms with Gasteiger partial charge in [-0.05, 0) is 66.0 Å². The van der Waals surface area contributed by atoms with Crippen LogP contribution in [0.1, 0.15) is 41.4 Å². The number of benzene rings is 2. The minimum atomic E-state index is -4.38. The van der Waals surface area contributed by atoms with Crippen molar-refractivity contribution < 1.29 is 13.2 Å². The summed E-state index contributed by atoms with van der Waals surface area (Å²) in [6, 6.07) is 15.1. The topological polar surface area (TPSA) is 46.8 Å². The van der Waals surface area contributed by atoms with Gasteiger partial charge in [0.1, 0.15) is 0 Å². The number of nitrogens with zero attached hydrogens (tertiary/aromatic N) is 5. The number of rotatable bonds is 6. The van der Waals surface area contributed by atoms with Gasteiger partial charge in [0.2, 0.25) is 0 Å². The zero-order valence-corrected chi connectivity index (χ0v) is 17.1. The van der Waals surface area contributed by atoms with Crippen molar-refractivity contribution >= 4 is 12.4 Å². The van der Waals surface area contributed by atoms with Gasteiger partial charge in [-0.25, -0.2) is 4.68 Å². The third kappa shape index (κ3) is 4.99. The van der Waals surface area contributed by atoms with E-state index in [9.17, 15) is 13.2 Å². The molecule has 160 valence electrons. The first-order valence-electron chi connectivity index (χ1n) is 9.73. The molecule has 1 saturated heterocycles. The molecule has 1 atom stereocenters. The van der Waals surface area contributed by atoms with E-state index in [4.69, 9.17) is 0 Å². The summed E-state index contributed by atoms with van der Waals surface area (Å²) in [5.41, 5.74) is 1.07. The zero-order chi connectivity index (χ0) is 20.3. The van der Waals surface area contributed by atoms with Gasteiger partial charge in [-0.1, -0.05) is 42.5 Å². The second-order valence-corrected chi connectivity index (χ2v) is 7.26. The van der Waals surface area contributed by atoms with Crippen LogP contribution in [0.15, 0.2) is 54.6 Å². The Morgan fingerprint density at radius 3 is 2.40 bits per heavy atom. The molecule has 0 aliphatic carbocycles. The summed E-state index contributed by atoms with van der Waals surface area (Å²) in [5, 5.41) is 12.2. The molecule has 0 amide bonds. The van der Waals surface area contributed by atoms with Gasteiger partial charge in [-0.15, -0.1) is 17.5 Å². The van der Waals surface area contributed by atoms with E-state index in [2.05, 4.69) is 20.4 Å². The fraction of sp³-hybridized carbons (Fsp3) is 0.381. The van der Waals surface area contributed by atoms with E-state index in [1.807, 2.05) is 30.3 Å². The van der Waals surface area contributed by atoms with E-state index >= 15 is 0 Å². The molecule has 0 bridgehead atoms. The maximum atomic E-state index is 13.3. The molecule has 4 rings (SSSR count). The van der Waals surface area contributed by atoms with E-state index < -0.39 is 17.8 Å². The first-order chi connectivity index (χ1) is 14.0. The van der Waals surface area contributed by atoms with Gasteiger partial charge in [0, 0.05) is 6.54 Å². The molecule has 0 radical (unpaired) electrons. The van der Waals surface area contributed by atoms with Gasteiger partial charge >= 0.3 is 6.18 Å². The minimum Gasteiger partial charge on any atom is -0.290 e. The van der Waals surface area contributed by atoms with Crippen molar-refractivity contribution in [2.24, 2.45) is 0 Å². The number of alkyl halides is 3. The number of aromatic nitrogens is 4. The second kappa shape index (κ2) is 9.57. The first kappa shape index (κ1) is 22.2. The number of aryl methyl sites for hydroxylation is 2. The molecule has 1 aromatic heterocycles. The molecule has 2 heterocycles. The lowest BCUT2D eigenvalue weighted by Gasteiger charge is -2.27. The first-order valence-corrected chi connectivity index (χ1v) is 9.73. The summed E-state index contributed by atoms with van der Waals surface area (Å²) in [5.74, 6) is 0.585. The molecule has 30 heavy (non-hydrogen) atoms. The van der Waals surface area contributed by atoms with E-state index in [1.165, 1.54) is 12.1 Å². The summed E-state index contributed by atoms with van der Waals surface area (Å²) in [6.45, 7) is 2.19. The summed E-state index contributed by atoms with van der Waals surface area (Å²) >= 11 is 0. The van der Waals surface area contributed by atoms with Crippen LogP contribution in [0.3, 0.4) is 0 Å². The minimum absolute atomic E-state index is 0. The molecule has 3 aromatic rings. The SMILES string of the molecule is Cl.FC(F)(F)c1cccc(C(c2nnnn2CCc2ccccc2)N2CCCC2)c1. The van der Waals surface area contributed by atoms with Gasteiger partial charge < -0.3 is 0 Å².